The summed E-state index contributed by atoms with van der Waals surface area (Å²) in [5.74, 6) is -0.210. The molecule has 0 bridgehead atoms. The van der Waals surface area contributed by atoms with Gasteiger partial charge in [-0.1, -0.05) is 65.1 Å². The molecule has 148 valence electrons. The number of nitrogens with one attached hydrogen (secondary N) is 1. The smallest absolute Gasteiger partial charge is 0.277 e. The van der Waals surface area contributed by atoms with E-state index >= 15 is 0 Å². The maximum atomic E-state index is 12.2. The second-order valence-electron chi connectivity index (χ2n) is 6.83. The van der Waals surface area contributed by atoms with Crippen LogP contribution in [0.5, 0.6) is 5.75 Å². The van der Waals surface area contributed by atoms with E-state index < -0.39 is 5.91 Å². The average molecular weight is 448 g/mol. The normalized spacial score (nSPS) is 13.0. The van der Waals surface area contributed by atoms with Gasteiger partial charge in [-0.3, -0.25) is 4.79 Å². The van der Waals surface area contributed by atoms with Gasteiger partial charge in [-0.25, -0.2) is 5.43 Å². The van der Waals surface area contributed by atoms with Gasteiger partial charge in [0, 0.05) is 10.6 Å². The molecular formula is C22H17Cl3N2O2. The third-order valence-electron chi connectivity index (χ3n) is 4.93. The van der Waals surface area contributed by atoms with Crippen molar-refractivity contribution in [2.24, 2.45) is 5.10 Å². The summed E-state index contributed by atoms with van der Waals surface area (Å²) in [4.78, 5) is 12.2. The molecule has 0 aliphatic heterocycles. The maximum absolute atomic E-state index is 12.2. The number of hydrogen-bond donors (Lipinski definition) is 1. The first kappa shape index (κ1) is 20.0. The summed E-state index contributed by atoms with van der Waals surface area (Å²) in [6.45, 7) is 1.59. The Bertz CT molecular complexity index is 1120. The Labute approximate surface area is 183 Å². The van der Waals surface area contributed by atoms with Gasteiger partial charge in [0.15, 0.2) is 12.4 Å². The van der Waals surface area contributed by atoms with Gasteiger partial charge in [0.2, 0.25) is 0 Å². The van der Waals surface area contributed by atoms with E-state index in [9.17, 15) is 4.79 Å². The number of rotatable bonds is 5. The summed E-state index contributed by atoms with van der Waals surface area (Å²) < 4.78 is 5.43. The van der Waals surface area contributed by atoms with Crippen LogP contribution in [-0.2, 0) is 17.6 Å². The molecule has 7 heteroatoms. The first-order valence-electron chi connectivity index (χ1n) is 9.08. The molecule has 0 saturated heterocycles. The number of halogens is 3. The molecule has 0 saturated carbocycles. The second kappa shape index (κ2) is 8.23. The Morgan fingerprint density at radius 2 is 1.76 bits per heavy atom. The highest BCUT2D eigenvalue weighted by Crippen LogP contribution is 2.36. The number of hydrogen-bond acceptors (Lipinski definition) is 3. The van der Waals surface area contributed by atoms with E-state index in [0.29, 0.717) is 5.02 Å². The lowest BCUT2D eigenvalue weighted by Crippen LogP contribution is -2.25. The van der Waals surface area contributed by atoms with E-state index in [1.54, 1.807) is 0 Å². The largest absolute Gasteiger partial charge is 0.481 e. The Kier molecular flexibility index (Phi) is 5.68. The zero-order chi connectivity index (χ0) is 20.5. The van der Waals surface area contributed by atoms with Crippen molar-refractivity contribution in [2.45, 2.75) is 19.8 Å². The molecule has 29 heavy (non-hydrogen) atoms. The van der Waals surface area contributed by atoms with Crippen molar-refractivity contribution < 1.29 is 9.53 Å². The zero-order valence-corrected chi connectivity index (χ0v) is 17.8. The highest BCUT2D eigenvalue weighted by molar-refractivity contribution is 6.40. The van der Waals surface area contributed by atoms with Gasteiger partial charge in [-0.05, 0) is 53.8 Å². The third-order valence-corrected chi connectivity index (χ3v) is 5.71. The molecule has 1 aliphatic carbocycles. The lowest BCUT2D eigenvalue weighted by atomic mass is 9.98. The van der Waals surface area contributed by atoms with Crippen LogP contribution >= 0.6 is 34.8 Å². The van der Waals surface area contributed by atoms with Crippen LogP contribution in [0.3, 0.4) is 0 Å². The van der Waals surface area contributed by atoms with Crippen LogP contribution in [0.4, 0.5) is 0 Å². The van der Waals surface area contributed by atoms with Crippen LogP contribution in [0, 0.1) is 0 Å². The van der Waals surface area contributed by atoms with Gasteiger partial charge in [0.25, 0.3) is 5.91 Å². The molecule has 1 aliphatic rings. The number of carbonyl (C=O) groups excluding carboxylic acids is 1. The van der Waals surface area contributed by atoms with E-state index in [-0.39, 0.29) is 22.4 Å². The van der Waals surface area contributed by atoms with Gasteiger partial charge in [0.05, 0.1) is 15.8 Å². The van der Waals surface area contributed by atoms with Gasteiger partial charge >= 0.3 is 0 Å². The lowest BCUT2D eigenvalue weighted by Gasteiger charge is -2.11. The second-order valence-corrected chi connectivity index (χ2v) is 8.08. The van der Waals surface area contributed by atoms with Crippen molar-refractivity contribution in [3.63, 3.8) is 0 Å². The Hall–Kier alpha value is -2.27. The first-order chi connectivity index (χ1) is 13.9. The molecule has 0 atom stereocenters. The maximum Gasteiger partial charge on any atom is 0.277 e. The number of benzene rings is 3. The molecule has 0 heterocycles. The fraction of sp³-hybridized carbons (Fsp3) is 0.182. The van der Waals surface area contributed by atoms with E-state index in [2.05, 4.69) is 40.9 Å². The van der Waals surface area contributed by atoms with Crippen molar-refractivity contribution >= 4 is 57.2 Å². The van der Waals surface area contributed by atoms with E-state index in [1.807, 2.05) is 6.92 Å². The minimum absolute atomic E-state index is 0.209. The fourth-order valence-corrected chi connectivity index (χ4v) is 4.53. The zero-order valence-electron chi connectivity index (χ0n) is 15.6. The van der Waals surface area contributed by atoms with Crippen molar-refractivity contribution in [1.29, 1.82) is 0 Å². The minimum Gasteiger partial charge on any atom is -0.481 e. The number of aryl methyl sites for hydroxylation is 2. The molecule has 1 N–H and O–H groups in total. The average Bonchev–Trinajstić information content (AvgIpc) is 3.10. The molecule has 0 fully saturated rings. The predicted octanol–water partition coefficient (Wildman–Crippen LogP) is 5.82. The summed E-state index contributed by atoms with van der Waals surface area (Å²) in [7, 11) is 0. The summed E-state index contributed by atoms with van der Waals surface area (Å²) >= 11 is 18.0. The topological polar surface area (TPSA) is 50.7 Å². The standard InChI is InChI=1S/C22H17Cl3N2O2/c1-12(16-8-7-14-6-5-13-3-2-4-17(16)21(13)14)26-27-20(28)11-29-22-18(24)9-15(23)10-19(22)25/h2-4,7-10H,5-6,11H2,1H3,(H,27,28). The molecule has 0 unspecified atom stereocenters. The number of nitrogens with zero attached hydrogens (tertiary/aromatic N) is 1. The van der Waals surface area contributed by atoms with Crippen molar-refractivity contribution in [2.75, 3.05) is 6.61 Å². The molecule has 3 aromatic carbocycles. The number of ether oxygens (including phenoxy) is 1. The predicted molar refractivity (Wildman–Crippen MR) is 119 cm³/mol. The minimum atomic E-state index is -0.419. The number of amides is 1. The van der Waals surface area contributed by atoms with Crippen molar-refractivity contribution in [1.82, 2.24) is 5.43 Å². The molecule has 0 spiro atoms. The molecule has 0 radical (unpaired) electrons. The Balaban J connectivity index is 1.47. The van der Waals surface area contributed by atoms with Crippen LogP contribution in [0.15, 0.2) is 47.6 Å². The van der Waals surface area contributed by atoms with Gasteiger partial charge in [0.1, 0.15) is 0 Å². The third kappa shape index (κ3) is 4.06. The fourth-order valence-electron chi connectivity index (χ4n) is 3.61. The monoisotopic (exact) mass is 446 g/mol. The molecule has 4 nitrogen and oxygen atoms in total. The van der Waals surface area contributed by atoms with Crippen LogP contribution in [0.25, 0.3) is 10.8 Å². The Morgan fingerprint density at radius 1 is 1.07 bits per heavy atom. The van der Waals surface area contributed by atoms with E-state index in [0.717, 1.165) is 29.5 Å². The van der Waals surface area contributed by atoms with Crippen molar-refractivity contribution in [3.05, 3.63) is 74.2 Å². The van der Waals surface area contributed by atoms with Gasteiger partial charge in [-0.15, -0.1) is 0 Å². The molecule has 1 amide bonds. The van der Waals surface area contributed by atoms with E-state index in [4.69, 9.17) is 39.5 Å². The summed E-state index contributed by atoms with van der Waals surface area (Å²) in [6.07, 6.45) is 2.13. The molecular weight excluding hydrogens is 431 g/mol. The van der Waals surface area contributed by atoms with Crippen LogP contribution in [0.1, 0.15) is 23.6 Å². The van der Waals surface area contributed by atoms with Crippen LogP contribution in [0.2, 0.25) is 15.1 Å². The highest BCUT2D eigenvalue weighted by atomic mass is 35.5. The van der Waals surface area contributed by atoms with Crippen LogP contribution in [-0.4, -0.2) is 18.2 Å². The lowest BCUT2D eigenvalue weighted by molar-refractivity contribution is -0.123. The molecule has 0 aromatic heterocycles. The van der Waals surface area contributed by atoms with Crippen LogP contribution < -0.4 is 10.2 Å². The van der Waals surface area contributed by atoms with Crippen molar-refractivity contribution in [3.8, 4) is 5.75 Å². The Morgan fingerprint density at radius 3 is 2.48 bits per heavy atom. The quantitative estimate of drug-likeness (QED) is 0.396. The SMILES string of the molecule is CC(=NNC(=O)COc1c(Cl)cc(Cl)cc1Cl)c1ccc2c3c(cccc13)CC2. The number of hydrazone groups is 1. The molecule has 4 rings (SSSR count). The highest BCUT2D eigenvalue weighted by Gasteiger charge is 2.17. The van der Waals surface area contributed by atoms with E-state index in [1.165, 1.54) is 28.6 Å². The van der Waals surface area contributed by atoms with Gasteiger partial charge in [-0.2, -0.15) is 5.10 Å². The summed E-state index contributed by atoms with van der Waals surface area (Å²) in [5.41, 5.74) is 6.96. The molecule has 3 aromatic rings. The van der Waals surface area contributed by atoms with Gasteiger partial charge < -0.3 is 4.74 Å². The number of carbonyl (C=O) groups is 1. The summed E-state index contributed by atoms with van der Waals surface area (Å²) in [5, 5.41) is 7.58. The summed E-state index contributed by atoms with van der Waals surface area (Å²) in [6, 6.07) is 13.5. The first-order valence-corrected chi connectivity index (χ1v) is 10.2.